The number of aliphatic hydroxyl groups is 3. The molecule has 0 aromatic heterocycles. The fourth-order valence-corrected chi connectivity index (χ4v) is 5.98. The molecule has 0 saturated carbocycles. The largest absolute Gasteiger partial charge is 0.507 e. The molecule has 1 heterocycles. The summed E-state index contributed by atoms with van der Waals surface area (Å²) in [5.41, 5.74) is 0.571. The van der Waals surface area contributed by atoms with Crippen LogP contribution in [-0.2, 0) is 30.2 Å². The minimum absolute atomic E-state index is 0.0162. The molecule has 7 atom stereocenters. The molecule has 45 heavy (non-hydrogen) atoms. The Morgan fingerprint density at radius 3 is 2.44 bits per heavy atom. The van der Waals surface area contributed by atoms with E-state index in [9.17, 15) is 44.7 Å². The van der Waals surface area contributed by atoms with Crippen LogP contribution in [0.3, 0.4) is 0 Å². The van der Waals surface area contributed by atoms with Crippen molar-refractivity contribution in [3.8, 4) is 17.2 Å². The van der Waals surface area contributed by atoms with E-state index >= 15 is 4.39 Å². The average molecular weight is 634 g/mol. The van der Waals surface area contributed by atoms with Gasteiger partial charge in [0.25, 0.3) is 0 Å². The van der Waals surface area contributed by atoms with Crippen molar-refractivity contribution < 1.29 is 68.0 Å². The third kappa shape index (κ3) is 5.34. The lowest BCUT2D eigenvalue weighted by Gasteiger charge is -2.43. The number of carbonyl (C=O) groups excluding carboxylic acids is 4. The fraction of sp³-hybridized carbons (Fsp3) is 0.467. The van der Waals surface area contributed by atoms with Gasteiger partial charge in [0.05, 0.1) is 42.4 Å². The van der Waals surface area contributed by atoms with Crippen molar-refractivity contribution in [1.29, 1.82) is 0 Å². The zero-order valence-electron chi connectivity index (χ0n) is 24.2. The number of nitrogens with two attached hydrogens (primary N) is 1. The molecule has 1 fully saturated rings. The van der Waals surface area contributed by atoms with E-state index in [2.05, 4.69) is 0 Å². The number of fused-ring (bicyclic) bond motifs is 3. The van der Waals surface area contributed by atoms with Gasteiger partial charge in [-0.15, -0.1) is 0 Å². The number of aromatic hydroxyl groups is 2. The van der Waals surface area contributed by atoms with Gasteiger partial charge in [0, 0.05) is 36.1 Å². The summed E-state index contributed by atoms with van der Waals surface area (Å²) >= 11 is 0. The topological polar surface area (TPSA) is 232 Å². The van der Waals surface area contributed by atoms with Crippen LogP contribution >= 0.6 is 0 Å². The molecule has 14 nitrogen and oxygen atoms in total. The highest BCUT2D eigenvalue weighted by molar-refractivity contribution is 6.31. The molecule has 1 aliphatic heterocycles. The summed E-state index contributed by atoms with van der Waals surface area (Å²) in [7, 11) is 1.27. The standard InChI is InChI=1S/C30H32FNO13/c1-11-23(35)28(40)22(31)29(44-11)45-15-9-30(41,16(33)10-43-17(34)6-7-32)8-13-19(15)27(39)21-20(25(13)37)24(36)12-4-3-5-14(42-2)18(12)26(21)38/h3-5,11,15,22-23,28-29,35,37,39-41H,6-10,32H2,1-2H3/t11-,15?,22+,23+,28-,29-,30-/m0/s1. The number of phenolic OH excluding ortho intramolecular Hbond substituents is 2. The molecule has 2 aromatic carbocycles. The molecule has 0 radical (unpaired) electrons. The molecule has 7 N–H and O–H groups in total. The van der Waals surface area contributed by atoms with Crippen LogP contribution in [0.15, 0.2) is 18.2 Å². The maximum Gasteiger partial charge on any atom is 0.307 e. The number of carbonyl (C=O) groups is 4. The highest BCUT2D eigenvalue weighted by Gasteiger charge is 2.52. The number of hydrogen-bond donors (Lipinski definition) is 6. The Kier molecular flexibility index (Phi) is 8.70. The van der Waals surface area contributed by atoms with Gasteiger partial charge < -0.3 is 50.2 Å². The van der Waals surface area contributed by atoms with E-state index in [1.165, 1.54) is 32.2 Å². The molecule has 1 unspecified atom stereocenters. The lowest BCUT2D eigenvalue weighted by atomic mass is 9.72. The van der Waals surface area contributed by atoms with Gasteiger partial charge in [0.15, 0.2) is 24.9 Å². The van der Waals surface area contributed by atoms with Gasteiger partial charge >= 0.3 is 5.97 Å². The normalized spacial score (nSPS) is 29.0. The van der Waals surface area contributed by atoms with Crippen LogP contribution in [0.25, 0.3) is 0 Å². The summed E-state index contributed by atoms with van der Waals surface area (Å²) in [6.07, 6.45) is -12.4. The van der Waals surface area contributed by atoms with Crippen molar-refractivity contribution in [2.75, 3.05) is 20.3 Å². The van der Waals surface area contributed by atoms with Gasteiger partial charge in [-0.1, -0.05) is 12.1 Å². The second-order valence-electron chi connectivity index (χ2n) is 11.2. The number of esters is 1. The first-order valence-electron chi connectivity index (χ1n) is 14.0. The number of ether oxygens (including phenoxy) is 4. The van der Waals surface area contributed by atoms with Crippen LogP contribution in [0.2, 0.25) is 0 Å². The summed E-state index contributed by atoms with van der Waals surface area (Å²) in [5, 5.41) is 54.8. The Hall–Kier alpha value is -3.99. The van der Waals surface area contributed by atoms with Crippen LogP contribution in [0, 0.1) is 0 Å². The first kappa shape index (κ1) is 32.4. The number of methoxy groups -OCH3 is 1. The zero-order valence-corrected chi connectivity index (χ0v) is 24.2. The second kappa shape index (κ2) is 12.1. The molecule has 2 aromatic rings. The Labute approximate surface area is 255 Å². The number of alkyl halides is 1. The van der Waals surface area contributed by atoms with Gasteiger partial charge in [-0.3, -0.25) is 19.2 Å². The van der Waals surface area contributed by atoms with E-state index in [1.54, 1.807) is 0 Å². The van der Waals surface area contributed by atoms with E-state index in [4.69, 9.17) is 24.7 Å². The number of aliphatic hydroxyl groups excluding tert-OH is 2. The zero-order chi connectivity index (χ0) is 33.0. The van der Waals surface area contributed by atoms with Gasteiger partial charge in [-0.25, -0.2) is 4.39 Å². The van der Waals surface area contributed by atoms with Crippen LogP contribution in [0.4, 0.5) is 4.39 Å². The summed E-state index contributed by atoms with van der Waals surface area (Å²) in [6, 6.07) is 4.19. The molecule has 1 saturated heterocycles. The molecule has 0 spiro atoms. The number of hydrogen-bond acceptors (Lipinski definition) is 14. The monoisotopic (exact) mass is 633 g/mol. The maximum atomic E-state index is 15.2. The highest BCUT2D eigenvalue weighted by atomic mass is 19.1. The number of halogens is 1. The number of ketones is 3. The smallest absolute Gasteiger partial charge is 0.307 e. The number of rotatable bonds is 8. The van der Waals surface area contributed by atoms with Crippen LogP contribution in [0.5, 0.6) is 17.2 Å². The Balaban J connectivity index is 1.64. The summed E-state index contributed by atoms with van der Waals surface area (Å²) in [4.78, 5) is 52.5. The quantitative estimate of drug-likeness (QED) is 0.140. The summed E-state index contributed by atoms with van der Waals surface area (Å²) in [5.74, 6) is -5.33. The van der Waals surface area contributed by atoms with Gasteiger partial charge in [0.1, 0.15) is 35.1 Å². The predicted molar refractivity (Wildman–Crippen MR) is 148 cm³/mol. The Bertz CT molecular complexity index is 1580. The van der Waals surface area contributed by atoms with E-state index in [0.717, 1.165) is 0 Å². The molecule has 0 bridgehead atoms. The predicted octanol–water partition coefficient (Wildman–Crippen LogP) is -0.117. The Morgan fingerprint density at radius 1 is 1.09 bits per heavy atom. The van der Waals surface area contributed by atoms with Gasteiger partial charge in [0.2, 0.25) is 11.6 Å². The second-order valence-corrected chi connectivity index (χ2v) is 11.2. The first-order chi connectivity index (χ1) is 21.2. The van der Waals surface area contributed by atoms with Crippen molar-refractivity contribution in [2.45, 2.75) is 68.7 Å². The lowest BCUT2D eigenvalue weighted by molar-refractivity contribution is -0.294. The SMILES string of the molecule is COc1cccc2c1C(=O)c1c(O)c3c(c(O)c1C2=O)C[C@@](O)(C(=O)COC(=O)CCN)CC3O[C@@H]1O[C@@H](C)[C@@H](O)[C@@H](O)[C@H]1F. The van der Waals surface area contributed by atoms with Crippen LogP contribution in [-0.4, -0.2) is 105 Å². The molecule has 242 valence electrons. The van der Waals surface area contributed by atoms with E-state index in [1.807, 2.05) is 0 Å². The number of Topliss-reactive ketones (excluding diaryl/α,β-unsaturated/α-hetero) is 1. The molecule has 3 aliphatic rings. The van der Waals surface area contributed by atoms with E-state index < -0.39 is 108 Å². The summed E-state index contributed by atoms with van der Waals surface area (Å²) in [6.45, 7) is 0.341. The molecular formula is C30H32FNO13. The van der Waals surface area contributed by atoms with Crippen molar-refractivity contribution in [3.63, 3.8) is 0 Å². The Morgan fingerprint density at radius 2 is 1.78 bits per heavy atom. The molecule has 15 heteroatoms. The molecule has 0 amide bonds. The summed E-state index contributed by atoms with van der Waals surface area (Å²) < 4.78 is 36.5. The fourth-order valence-electron chi connectivity index (χ4n) is 5.98. The third-order valence-corrected chi connectivity index (χ3v) is 8.37. The maximum absolute atomic E-state index is 15.2. The van der Waals surface area contributed by atoms with E-state index in [0.29, 0.717) is 0 Å². The lowest BCUT2D eigenvalue weighted by Crippen LogP contribution is -2.56. The third-order valence-electron chi connectivity index (χ3n) is 8.37. The van der Waals surface area contributed by atoms with E-state index in [-0.39, 0.29) is 41.0 Å². The van der Waals surface area contributed by atoms with Crippen molar-refractivity contribution in [1.82, 2.24) is 0 Å². The van der Waals surface area contributed by atoms with Crippen molar-refractivity contribution in [2.24, 2.45) is 5.73 Å². The van der Waals surface area contributed by atoms with Crippen molar-refractivity contribution in [3.05, 3.63) is 51.6 Å². The minimum atomic E-state index is -2.48. The van der Waals surface area contributed by atoms with Crippen molar-refractivity contribution >= 4 is 23.3 Å². The molecule has 5 rings (SSSR count). The van der Waals surface area contributed by atoms with Crippen LogP contribution < -0.4 is 10.5 Å². The minimum Gasteiger partial charge on any atom is -0.507 e. The highest BCUT2D eigenvalue weighted by Crippen LogP contribution is 2.52. The van der Waals surface area contributed by atoms with Gasteiger partial charge in [-0.05, 0) is 13.0 Å². The number of phenols is 2. The first-order valence-corrected chi connectivity index (χ1v) is 14.0. The average Bonchev–Trinajstić information content (AvgIpc) is 3.01. The molecule has 2 aliphatic carbocycles. The van der Waals surface area contributed by atoms with Gasteiger partial charge in [-0.2, -0.15) is 0 Å². The molecular weight excluding hydrogens is 601 g/mol. The van der Waals surface area contributed by atoms with Crippen LogP contribution in [0.1, 0.15) is 68.8 Å². The number of benzene rings is 2.